The van der Waals surface area contributed by atoms with Crippen molar-refractivity contribution in [3.63, 3.8) is 0 Å². The highest BCUT2D eigenvalue weighted by Crippen LogP contribution is 2.35. The number of anilines is 1. The molecule has 0 atom stereocenters. The Balaban J connectivity index is 1.59. The minimum Gasteiger partial charge on any atom is -0.326 e. The summed E-state index contributed by atoms with van der Waals surface area (Å²) in [6, 6.07) is 17.5. The molecule has 0 saturated heterocycles. The number of amides is 1. The minimum atomic E-state index is -0.101. The first-order valence-corrected chi connectivity index (χ1v) is 9.60. The molecule has 1 amide bonds. The van der Waals surface area contributed by atoms with Crippen molar-refractivity contribution < 1.29 is 9.59 Å². The van der Waals surface area contributed by atoms with E-state index in [9.17, 15) is 9.59 Å². The van der Waals surface area contributed by atoms with Crippen LogP contribution in [-0.4, -0.2) is 16.7 Å². The predicted octanol–water partition coefficient (Wildman–Crippen LogP) is 4.98. The summed E-state index contributed by atoms with van der Waals surface area (Å²) in [7, 11) is 0. The van der Waals surface area contributed by atoms with E-state index in [-0.39, 0.29) is 11.7 Å². The Morgan fingerprint density at radius 2 is 1.81 bits per heavy atom. The fraction of sp³-hybridized carbons (Fsp3) is 0.136. The van der Waals surface area contributed by atoms with Crippen LogP contribution >= 0.6 is 11.3 Å². The second kappa shape index (κ2) is 7.29. The molecule has 0 bridgehead atoms. The summed E-state index contributed by atoms with van der Waals surface area (Å²) in [5.74, 6) is -0.0302. The number of benzene rings is 2. The van der Waals surface area contributed by atoms with Crippen molar-refractivity contribution in [3.05, 3.63) is 76.3 Å². The van der Waals surface area contributed by atoms with Crippen molar-refractivity contribution in [3.8, 4) is 10.6 Å². The number of hydrogen-bond donors (Lipinski definition) is 1. The van der Waals surface area contributed by atoms with E-state index < -0.39 is 0 Å². The molecule has 1 aromatic heterocycles. The Kier molecular flexibility index (Phi) is 4.69. The molecule has 1 aliphatic rings. The van der Waals surface area contributed by atoms with Crippen LogP contribution in [0.3, 0.4) is 0 Å². The van der Waals surface area contributed by atoms with E-state index in [1.807, 2.05) is 60.7 Å². The molecule has 0 unspecified atom stereocenters. The lowest BCUT2D eigenvalue weighted by molar-refractivity contribution is -0.114. The number of carbonyl (C=O) groups is 2. The number of nitrogens with zero attached hydrogens (tertiary/aromatic N) is 1. The van der Waals surface area contributed by atoms with Gasteiger partial charge in [0.25, 0.3) is 0 Å². The minimum absolute atomic E-state index is 0.0712. The van der Waals surface area contributed by atoms with E-state index in [2.05, 4.69) is 10.3 Å². The smallest absolute Gasteiger partial charge is 0.221 e. The molecule has 1 aliphatic carbocycles. The van der Waals surface area contributed by atoms with Gasteiger partial charge in [-0.15, -0.1) is 11.3 Å². The molecule has 0 fully saturated rings. The first-order chi connectivity index (χ1) is 13.1. The maximum absolute atomic E-state index is 12.9. The van der Waals surface area contributed by atoms with Crippen LogP contribution in [0.1, 0.15) is 34.3 Å². The van der Waals surface area contributed by atoms with Crippen molar-refractivity contribution >= 4 is 34.8 Å². The van der Waals surface area contributed by atoms with Gasteiger partial charge >= 0.3 is 0 Å². The van der Waals surface area contributed by atoms with Crippen molar-refractivity contribution in [1.82, 2.24) is 4.98 Å². The second-order valence-electron chi connectivity index (χ2n) is 6.46. The van der Waals surface area contributed by atoms with Gasteiger partial charge in [0.1, 0.15) is 5.01 Å². The van der Waals surface area contributed by atoms with Gasteiger partial charge in [-0.25, -0.2) is 4.98 Å². The van der Waals surface area contributed by atoms with Gasteiger partial charge in [0, 0.05) is 23.7 Å². The SMILES string of the molecule is CC(=O)Nc1ccc(/C=C2\CCc3nc(-c4ccccc4)sc3C2=O)cc1. The number of hydrogen-bond acceptors (Lipinski definition) is 4. The molecule has 0 aliphatic heterocycles. The van der Waals surface area contributed by atoms with Crippen LogP contribution in [0.15, 0.2) is 60.2 Å². The molecule has 2 aromatic carbocycles. The highest BCUT2D eigenvalue weighted by Gasteiger charge is 2.26. The van der Waals surface area contributed by atoms with Gasteiger partial charge in [-0.3, -0.25) is 9.59 Å². The van der Waals surface area contributed by atoms with Crippen LogP contribution in [-0.2, 0) is 11.2 Å². The predicted molar refractivity (Wildman–Crippen MR) is 109 cm³/mol. The van der Waals surface area contributed by atoms with Crippen LogP contribution in [0.25, 0.3) is 16.6 Å². The number of nitrogens with one attached hydrogen (secondary N) is 1. The summed E-state index contributed by atoms with van der Waals surface area (Å²) in [5.41, 5.74) is 4.45. The highest BCUT2D eigenvalue weighted by molar-refractivity contribution is 7.17. The summed E-state index contributed by atoms with van der Waals surface area (Å²) in [5, 5.41) is 3.64. The Labute approximate surface area is 161 Å². The maximum Gasteiger partial charge on any atom is 0.221 e. The van der Waals surface area contributed by atoms with Crippen molar-refractivity contribution in [2.24, 2.45) is 0 Å². The molecule has 4 nitrogen and oxygen atoms in total. The first-order valence-electron chi connectivity index (χ1n) is 8.78. The average Bonchev–Trinajstić information content (AvgIpc) is 3.11. The number of thiazole rings is 1. The van der Waals surface area contributed by atoms with E-state index in [1.54, 1.807) is 0 Å². The number of aromatic nitrogens is 1. The van der Waals surface area contributed by atoms with Crippen molar-refractivity contribution in [1.29, 1.82) is 0 Å². The second-order valence-corrected chi connectivity index (χ2v) is 7.46. The van der Waals surface area contributed by atoms with Gasteiger partial charge in [-0.1, -0.05) is 42.5 Å². The van der Waals surface area contributed by atoms with E-state index in [1.165, 1.54) is 18.3 Å². The van der Waals surface area contributed by atoms with Crippen LogP contribution < -0.4 is 5.32 Å². The fourth-order valence-electron chi connectivity index (χ4n) is 3.12. The lowest BCUT2D eigenvalue weighted by Crippen LogP contribution is -2.12. The number of fused-ring (bicyclic) bond motifs is 1. The zero-order valence-electron chi connectivity index (χ0n) is 14.9. The topological polar surface area (TPSA) is 59.1 Å². The standard InChI is InChI=1S/C22H18N2O2S/c1-14(25)23-18-10-7-15(8-11-18)13-17-9-12-19-21(20(17)26)27-22(24-19)16-5-3-2-4-6-16/h2-8,10-11,13H,9,12H2,1H3,(H,23,25)/b17-13+. The van der Waals surface area contributed by atoms with Crippen LogP contribution in [0.4, 0.5) is 5.69 Å². The third kappa shape index (κ3) is 3.73. The maximum atomic E-state index is 12.9. The summed E-state index contributed by atoms with van der Waals surface area (Å²) >= 11 is 1.47. The summed E-state index contributed by atoms with van der Waals surface area (Å²) < 4.78 is 0. The van der Waals surface area contributed by atoms with Crippen LogP contribution in [0.5, 0.6) is 0 Å². The molecule has 27 heavy (non-hydrogen) atoms. The zero-order valence-corrected chi connectivity index (χ0v) is 15.7. The molecule has 4 rings (SSSR count). The van der Waals surface area contributed by atoms with E-state index in [0.717, 1.165) is 44.4 Å². The Morgan fingerprint density at radius 1 is 1.07 bits per heavy atom. The monoisotopic (exact) mass is 374 g/mol. The molecule has 3 aromatic rings. The van der Waals surface area contributed by atoms with E-state index in [0.29, 0.717) is 6.42 Å². The molecule has 5 heteroatoms. The Bertz CT molecular complexity index is 1030. The molecule has 0 spiro atoms. The highest BCUT2D eigenvalue weighted by atomic mass is 32.1. The largest absolute Gasteiger partial charge is 0.326 e. The van der Waals surface area contributed by atoms with Gasteiger partial charge in [0.2, 0.25) is 11.7 Å². The molecular weight excluding hydrogens is 356 g/mol. The fourth-order valence-corrected chi connectivity index (χ4v) is 4.21. The lowest BCUT2D eigenvalue weighted by Gasteiger charge is -2.12. The van der Waals surface area contributed by atoms with Crippen molar-refractivity contribution in [2.75, 3.05) is 5.32 Å². The number of aryl methyl sites for hydroxylation is 1. The third-order valence-electron chi connectivity index (χ3n) is 4.42. The Morgan fingerprint density at radius 3 is 2.52 bits per heavy atom. The lowest BCUT2D eigenvalue weighted by atomic mass is 9.94. The van der Waals surface area contributed by atoms with Gasteiger partial charge in [0.05, 0.1) is 10.6 Å². The number of allylic oxidation sites excluding steroid dienone is 1. The first kappa shape index (κ1) is 17.4. The molecular formula is C22H18N2O2S. The molecule has 0 radical (unpaired) electrons. The molecule has 0 saturated carbocycles. The van der Waals surface area contributed by atoms with Gasteiger partial charge < -0.3 is 5.32 Å². The van der Waals surface area contributed by atoms with Crippen LogP contribution in [0, 0.1) is 0 Å². The normalized spacial score (nSPS) is 14.9. The zero-order chi connectivity index (χ0) is 18.8. The number of rotatable bonds is 3. The van der Waals surface area contributed by atoms with Gasteiger partial charge in [-0.2, -0.15) is 0 Å². The summed E-state index contributed by atoms with van der Waals surface area (Å²) in [4.78, 5) is 29.5. The average molecular weight is 374 g/mol. The van der Waals surface area contributed by atoms with Crippen LogP contribution in [0.2, 0.25) is 0 Å². The van der Waals surface area contributed by atoms with Crippen molar-refractivity contribution in [2.45, 2.75) is 19.8 Å². The van der Waals surface area contributed by atoms with E-state index >= 15 is 0 Å². The molecule has 134 valence electrons. The number of carbonyl (C=O) groups excluding carboxylic acids is 2. The van der Waals surface area contributed by atoms with E-state index in [4.69, 9.17) is 0 Å². The number of Topliss-reactive ketones (excluding diaryl/α,β-unsaturated/α-hetero) is 1. The third-order valence-corrected chi connectivity index (χ3v) is 5.56. The summed E-state index contributed by atoms with van der Waals surface area (Å²) in [6.07, 6.45) is 3.40. The van der Waals surface area contributed by atoms with Gasteiger partial charge in [-0.05, 0) is 36.6 Å². The summed E-state index contributed by atoms with van der Waals surface area (Å²) in [6.45, 7) is 1.48. The quantitative estimate of drug-likeness (QED) is 0.658. The Hall–Kier alpha value is -3.05. The van der Waals surface area contributed by atoms with Gasteiger partial charge in [0.15, 0.2) is 0 Å². The number of ketones is 1. The molecule has 1 heterocycles. The molecule has 1 N–H and O–H groups in total.